The number of carbonyl (C=O) groups is 2. The molecule has 1 aliphatic heterocycles. The molecular formula is C15H18Cl2N2O2. The standard InChI is InChI=1S/C15H18Cl2N2O2/c1-10(20)19-6-2-3-14(19)15(21)18-5-4-11-7-12(16)9-13(17)8-11/h7-9,14H,2-6H2,1H3,(H,18,21)/t14-/m0/s1. The highest BCUT2D eigenvalue weighted by Gasteiger charge is 2.31. The van der Waals surface area contributed by atoms with Gasteiger partial charge in [0.05, 0.1) is 0 Å². The summed E-state index contributed by atoms with van der Waals surface area (Å²) in [6.45, 7) is 2.66. The molecule has 0 saturated carbocycles. The lowest BCUT2D eigenvalue weighted by Crippen LogP contribution is -2.45. The van der Waals surface area contributed by atoms with Crippen LogP contribution in [0.2, 0.25) is 10.0 Å². The summed E-state index contributed by atoms with van der Waals surface area (Å²) in [4.78, 5) is 25.2. The minimum atomic E-state index is -0.328. The highest BCUT2D eigenvalue weighted by molar-refractivity contribution is 6.34. The Balaban J connectivity index is 1.85. The number of rotatable bonds is 4. The first-order valence-electron chi connectivity index (χ1n) is 6.97. The van der Waals surface area contributed by atoms with Crippen LogP contribution in [0.15, 0.2) is 18.2 Å². The van der Waals surface area contributed by atoms with E-state index in [4.69, 9.17) is 23.2 Å². The summed E-state index contributed by atoms with van der Waals surface area (Å²) in [5, 5.41) is 4.05. The molecule has 114 valence electrons. The zero-order valence-electron chi connectivity index (χ0n) is 11.9. The van der Waals surface area contributed by atoms with Crippen molar-refractivity contribution in [2.75, 3.05) is 13.1 Å². The van der Waals surface area contributed by atoms with Crippen molar-refractivity contribution >= 4 is 35.0 Å². The van der Waals surface area contributed by atoms with Gasteiger partial charge in [0.1, 0.15) is 6.04 Å². The quantitative estimate of drug-likeness (QED) is 0.923. The average Bonchev–Trinajstić information content (AvgIpc) is 2.86. The first-order chi connectivity index (χ1) is 9.97. The van der Waals surface area contributed by atoms with Gasteiger partial charge in [0.2, 0.25) is 11.8 Å². The van der Waals surface area contributed by atoms with Gasteiger partial charge in [-0.3, -0.25) is 9.59 Å². The predicted molar refractivity (Wildman–Crippen MR) is 83.6 cm³/mol. The van der Waals surface area contributed by atoms with Gasteiger partial charge in [-0.15, -0.1) is 0 Å². The van der Waals surface area contributed by atoms with Crippen LogP contribution in [-0.4, -0.2) is 35.8 Å². The molecule has 2 rings (SSSR count). The van der Waals surface area contributed by atoms with Gasteiger partial charge in [0, 0.05) is 30.1 Å². The molecule has 1 fully saturated rings. The lowest BCUT2D eigenvalue weighted by molar-refractivity contribution is -0.136. The molecule has 1 atom stereocenters. The number of carbonyl (C=O) groups excluding carboxylic acids is 2. The second kappa shape index (κ2) is 7.14. The van der Waals surface area contributed by atoms with Crippen LogP contribution in [0.25, 0.3) is 0 Å². The third-order valence-electron chi connectivity index (χ3n) is 3.60. The largest absolute Gasteiger partial charge is 0.354 e. The smallest absolute Gasteiger partial charge is 0.242 e. The fourth-order valence-electron chi connectivity index (χ4n) is 2.62. The third-order valence-corrected chi connectivity index (χ3v) is 4.03. The predicted octanol–water partition coefficient (Wildman–Crippen LogP) is 2.66. The van der Waals surface area contributed by atoms with Crippen LogP contribution in [0.4, 0.5) is 0 Å². The Bertz CT molecular complexity index is 528. The zero-order valence-corrected chi connectivity index (χ0v) is 13.4. The van der Waals surface area contributed by atoms with E-state index in [1.165, 1.54) is 6.92 Å². The molecule has 4 nitrogen and oxygen atoms in total. The Morgan fingerprint density at radius 1 is 1.29 bits per heavy atom. The van der Waals surface area contributed by atoms with Crippen LogP contribution in [0.5, 0.6) is 0 Å². The average molecular weight is 329 g/mol. The summed E-state index contributed by atoms with van der Waals surface area (Å²) < 4.78 is 0. The van der Waals surface area contributed by atoms with Crippen molar-refractivity contribution in [3.05, 3.63) is 33.8 Å². The molecule has 1 aliphatic rings. The molecule has 0 radical (unpaired) electrons. The Morgan fingerprint density at radius 2 is 1.95 bits per heavy atom. The maximum atomic E-state index is 12.1. The van der Waals surface area contributed by atoms with E-state index in [1.54, 1.807) is 11.0 Å². The highest BCUT2D eigenvalue weighted by atomic mass is 35.5. The number of likely N-dealkylation sites (tertiary alicyclic amines) is 1. The monoisotopic (exact) mass is 328 g/mol. The van der Waals surface area contributed by atoms with Crippen LogP contribution in [0.1, 0.15) is 25.3 Å². The fraction of sp³-hybridized carbons (Fsp3) is 0.467. The van der Waals surface area contributed by atoms with Crippen LogP contribution in [0.3, 0.4) is 0 Å². The van der Waals surface area contributed by atoms with Gasteiger partial charge in [0.15, 0.2) is 0 Å². The topological polar surface area (TPSA) is 49.4 Å². The lowest BCUT2D eigenvalue weighted by Gasteiger charge is -2.22. The van der Waals surface area contributed by atoms with Crippen LogP contribution in [-0.2, 0) is 16.0 Å². The second-order valence-corrected chi connectivity index (χ2v) is 6.06. The van der Waals surface area contributed by atoms with Crippen molar-refractivity contribution in [3.8, 4) is 0 Å². The Morgan fingerprint density at radius 3 is 2.57 bits per heavy atom. The molecular weight excluding hydrogens is 311 g/mol. The maximum Gasteiger partial charge on any atom is 0.242 e. The summed E-state index contributed by atoms with van der Waals surface area (Å²) in [5.41, 5.74) is 0.975. The van der Waals surface area contributed by atoms with E-state index in [2.05, 4.69) is 5.32 Å². The minimum Gasteiger partial charge on any atom is -0.354 e. The van der Waals surface area contributed by atoms with Gasteiger partial charge in [-0.05, 0) is 43.0 Å². The number of hydrogen-bond acceptors (Lipinski definition) is 2. The summed E-state index contributed by atoms with van der Waals surface area (Å²) in [7, 11) is 0. The van der Waals surface area contributed by atoms with Gasteiger partial charge < -0.3 is 10.2 Å². The normalized spacial score (nSPS) is 17.9. The van der Waals surface area contributed by atoms with E-state index < -0.39 is 0 Å². The number of benzene rings is 1. The van der Waals surface area contributed by atoms with Crippen LogP contribution < -0.4 is 5.32 Å². The van der Waals surface area contributed by atoms with Crippen LogP contribution >= 0.6 is 23.2 Å². The van der Waals surface area contributed by atoms with Gasteiger partial charge in [-0.25, -0.2) is 0 Å². The van der Waals surface area contributed by atoms with E-state index in [9.17, 15) is 9.59 Å². The van der Waals surface area contributed by atoms with Crippen molar-refractivity contribution in [2.45, 2.75) is 32.2 Å². The van der Waals surface area contributed by atoms with Gasteiger partial charge >= 0.3 is 0 Å². The summed E-state index contributed by atoms with van der Waals surface area (Å²) in [6.07, 6.45) is 2.26. The van der Waals surface area contributed by atoms with E-state index in [-0.39, 0.29) is 17.9 Å². The molecule has 21 heavy (non-hydrogen) atoms. The molecule has 1 saturated heterocycles. The number of halogens is 2. The molecule has 1 heterocycles. The summed E-state index contributed by atoms with van der Waals surface area (Å²) in [6, 6.07) is 5.01. The highest BCUT2D eigenvalue weighted by Crippen LogP contribution is 2.19. The van der Waals surface area contributed by atoms with Gasteiger partial charge in [0.25, 0.3) is 0 Å². The SMILES string of the molecule is CC(=O)N1CCC[C@H]1C(=O)NCCc1cc(Cl)cc(Cl)c1. The van der Waals surface area contributed by atoms with E-state index in [0.717, 1.165) is 18.4 Å². The van der Waals surface area contributed by atoms with Crippen LogP contribution in [0, 0.1) is 0 Å². The molecule has 6 heteroatoms. The maximum absolute atomic E-state index is 12.1. The molecule has 0 unspecified atom stereocenters. The van der Waals surface area contributed by atoms with E-state index in [1.807, 2.05) is 12.1 Å². The Labute approximate surface area is 134 Å². The molecule has 0 bridgehead atoms. The van der Waals surface area contributed by atoms with Gasteiger partial charge in [-0.1, -0.05) is 23.2 Å². The van der Waals surface area contributed by atoms with Crippen molar-refractivity contribution in [1.82, 2.24) is 10.2 Å². The number of nitrogens with one attached hydrogen (secondary N) is 1. The van der Waals surface area contributed by atoms with Crippen molar-refractivity contribution < 1.29 is 9.59 Å². The third kappa shape index (κ3) is 4.35. The molecule has 0 aromatic heterocycles. The van der Waals surface area contributed by atoms with E-state index in [0.29, 0.717) is 29.6 Å². The van der Waals surface area contributed by atoms with E-state index >= 15 is 0 Å². The number of hydrogen-bond donors (Lipinski definition) is 1. The number of nitrogens with zero attached hydrogens (tertiary/aromatic N) is 1. The lowest BCUT2D eigenvalue weighted by atomic mass is 10.1. The summed E-state index contributed by atoms with van der Waals surface area (Å²) >= 11 is 11.9. The van der Waals surface area contributed by atoms with Crippen molar-refractivity contribution in [2.24, 2.45) is 0 Å². The van der Waals surface area contributed by atoms with Crippen molar-refractivity contribution in [3.63, 3.8) is 0 Å². The first-order valence-corrected chi connectivity index (χ1v) is 7.73. The molecule has 1 aromatic carbocycles. The zero-order chi connectivity index (χ0) is 15.4. The Kier molecular flexibility index (Phi) is 5.48. The van der Waals surface area contributed by atoms with Crippen molar-refractivity contribution in [1.29, 1.82) is 0 Å². The molecule has 1 aromatic rings. The molecule has 0 aliphatic carbocycles. The first kappa shape index (κ1) is 16.1. The second-order valence-electron chi connectivity index (χ2n) is 5.19. The molecule has 1 N–H and O–H groups in total. The fourth-order valence-corrected chi connectivity index (χ4v) is 3.19. The number of amides is 2. The molecule has 2 amide bonds. The minimum absolute atomic E-state index is 0.0470. The Hall–Kier alpha value is -1.26. The summed E-state index contributed by atoms with van der Waals surface area (Å²) in [5.74, 6) is -0.134. The van der Waals surface area contributed by atoms with Gasteiger partial charge in [-0.2, -0.15) is 0 Å². The molecule has 0 spiro atoms.